The molecule has 0 aliphatic carbocycles. The molecule has 98 valence electrons. The summed E-state index contributed by atoms with van der Waals surface area (Å²) < 4.78 is 0. The summed E-state index contributed by atoms with van der Waals surface area (Å²) in [6, 6.07) is 7.18. The van der Waals surface area contributed by atoms with Gasteiger partial charge >= 0.3 is 0 Å². The Morgan fingerprint density at radius 1 is 1.44 bits per heavy atom. The van der Waals surface area contributed by atoms with Crippen LogP contribution in [0.25, 0.3) is 0 Å². The fourth-order valence-electron chi connectivity index (χ4n) is 2.44. The van der Waals surface area contributed by atoms with Crippen molar-refractivity contribution in [1.82, 2.24) is 0 Å². The molecule has 0 saturated carbocycles. The van der Waals surface area contributed by atoms with E-state index in [-0.39, 0.29) is 12.3 Å². The van der Waals surface area contributed by atoms with E-state index in [0.29, 0.717) is 17.4 Å². The van der Waals surface area contributed by atoms with Gasteiger partial charge in [0.1, 0.15) is 0 Å². The standard InChI is InChI=1S/C13H16BrNO3/c1-9(16)8-13(18)10-4-2-3-5-11(10)15(7-6-14)12(13)17/h2-5,9,16,18H,6-8H2,1H3/t9-,13+/m1/s1. The van der Waals surface area contributed by atoms with E-state index < -0.39 is 11.7 Å². The Kier molecular flexibility index (Phi) is 3.75. The summed E-state index contributed by atoms with van der Waals surface area (Å²) in [7, 11) is 0. The van der Waals surface area contributed by atoms with Gasteiger partial charge in [-0.2, -0.15) is 0 Å². The van der Waals surface area contributed by atoms with Crippen LogP contribution in [0, 0.1) is 0 Å². The number of aliphatic hydroxyl groups is 2. The lowest BCUT2D eigenvalue weighted by Gasteiger charge is -2.24. The zero-order chi connectivity index (χ0) is 13.3. The lowest BCUT2D eigenvalue weighted by Crippen LogP contribution is -2.42. The van der Waals surface area contributed by atoms with Crippen LogP contribution >= 0.6 is 15.9 Å². The summed E-state index contributed by atoms with van der Waals surface area (Å²) in [5.74, 6) is -0.357. The maximum atomic E-state index is 12.4. The minimum atomic E-state index is -1.60. The van der Waals surface area contributed by atoms with Crippen molar-refractivity contribution < 1.29 is 15.0 Å². The predicted molar refractivity (Wildman–Crippen MR) is 72.8 cm³/mol. The number of benzene rings is 1. The fourth-order valence-corrected chi connectivity index (χ4v) is 2.79. The molecule has 2 N–H and O–H groups in total. The molecule has 0 saturated heterocycles. The minimum absolute atomic E-state index is 0.0155. The first-order valence-corrected chi connectivity index (χ1v) is 7.00. The molecule has 0 aromatic heterocycles. The SMILES string of the molecule is C[C@@H](O)C[C@@]1(O)C(=O)N(CCBr)c2ccccc21. The van der Waals surface area contributed by atoms with Gasteiger partial charge < -0.3 is 15.1 Å². The molecule has 1 heterocycles. The Labute approximate surface area is 114 Å². The van der Waals surface area contributed by atoms with E-state index in [9.17, 15) is 15.0 Å². The van der Waals surface area contributed by atoms with Gasteiger partial charge in [0.15, 0.2) is 5.60 Å². The van der Waals surface area contributed by atoms with Gasteiger partial charge in [0, 0.05) is 23.9 Å². The quantitative estimate of drug-likeness (QED) is 0.826. The molecular formula is C13H16BrNO3. The third kappa shape index (κ3) is 2.06. The number of rotatable bonds is 4. The summed E-state index contributed by atoms with van der Waals surface area (Å²) in [5.41, 5.74) is -0.297. The summed E-state index contributed by atoms with van der Waals surface area (Å²) in [4.78, 5) is 13.9. The zero-order valence-corrected chi connectivity index (χ0v) is 11.7. The van der Waals surface area contributed by atoms with Crippen LogP contribution in [0.5, 0.6) is 0 Å². The van der Waals surface area contributed by atoms with Gasteiger partial charge in [-0.05, 0) is 13.0 Å². The normalized spacial score (nSPS) is 24.2. The van der Waals surface area contributed by atoms with E-state index in [0.717, 1.165) is 5.69 Å². The highest BCUT2D eigenvalue weighted by Crippen LogP contribution is 2.42. The molecule has 0 radical (unpaired) electrons. The number of aliphatic hydroxyl groups excluding tert-OH is 1. The van der Waals surface area contributed by atoms with Crippen molar-refractivity contribution in [3.63, 3.8) is 0 Å². The molecule has 5 heteroatoms. The lowest BCUT2D eigenvalue weighted by molar-refractivity contribution is -0.139. The fraction of sp³-hybridized carbons (Fsp3) is 0.462. The molecule has 0 bridgehead atoms. The van der Waals surface area contributed by atoms with Crippen molar-refractivity contribution >= 4 is 27.5 Å². The molecule has 1 aromatic carbocycles. The average molecular weight is 314 g/mol. The van der Waals surface area contributed by atoms with Gasteiger partial charge in [0.25, 0.3) is 5.91 Å². The number of carbonyl (C=O) groups excluding carboxylic acids is 1. The topological polar surface area (TPSA) is 60.8 Å². The van der Waals surface area contributed by atoms with Crippen molar-refractivity contribution in [2.24, 2.45) is 0 Å². The molecule has 1 aliphatic rings. The van der Waals surface area contributed by atoms with Crippen molar-refractivity contribution in [1.29, 1.82) is 0 Å². The van der Waals surface area contributed by atoms with Gasteiger partial charge in [0.2, 0.25) is 0 Å². The number of para-hydroxylation sites is 1. The molecular weight excluding hydrogens is 298 g/mol. The van der Waals surface area contributed by atoms with Gasteiger partial charge in [-0.3, -0.25) is 4.79 Å². The lowest BCUT2D eigenvalue weighted by atomic mass is 9.90. The third-order valence-corrected chi connectivity index (χ3v) is 3.49. The van der Waals surface area contributed by atoms with Crippen LogP contribution in [-0.2, 0) is 10.4 Å². The van der Waals surface area contributed by atoms with Gasteiger partial charge in [0.05, 0.1) is 11.8 Å². The maximum Gasteiger partial charge on any atom is 0.263 e. The Hall–Kier alpha value is -0.910. The first-order chi connectivity index (χ1) is 8.50. The molecule has 1 amide bonds. The number of nitrogens with zero attached hydrogens (tertiary/aromatic N) is 1. The van der Waals surface area contributed by atoms with Crippen molar-refractivity contribution in [2.75, 3.05) is 16.8 Å². The number of alkyl halides is 1. The van der Waals surface area contributed by atoms with Gasteiger partial charge in [-0.15, -0.1) is 0 Å². The minimum Gasteiger partial charge on any atom is -0.393 e. The van der Waals surface area contributed by atoms with Gasteiger partial charge in [-0.25, -0.2) is 0 Å². The van der Waals surface area contributed by atoms with E-state index in [2.05, 4.69) is 15.9 Å². The number of hydrogen-bond acceptors (Lipinski definition) is 3. The molecule has 2 atom stereocenters. The summed E-state index contributed by atoms with van der Waals surface area (Å²) in [6.07, 6.45) is -0.724. The highest BCUT2D eigenvalue weighted by atomic mass is 79.9. The first-order valence-electron chi connectivity index (χ1n) is 5.88. The van der Waals surface area contributed by atoms with E-state index in [1.807, 2.05) is 12.1 Å². The molecule has 0 spiro atoms. The maximum absolute atomic E-state index is 12.4. The van der Waals surface area contributed by atoms with E-state index in [4.69, 9.17) is 0 Å². The van der Waals surface area contributed by atoms with Crippen LogP contribution in [0.15, 0.2) is 24.3 Å². The molecule has 1 aliphatic heterocycles. The Bertz CT molecular complexity index is 463. The van der Waals surface area contributed by atoms with Crippen LogP contribution in [0.4, 0.5) is 5.69 Å². The molecule has 1 aromatic rings. The van der Waals surface area contributed by atoms with Crippen LogP contribution in [0.2, 0.25) is 0 Å². The number of carbonyl (C=O) groups is 1. The van der Waals surface area contributed by atoms with E-state index in [1.54, 1.807) is 24.0 Å². The van der Waals surface area contributed by atoms with Crippen molar-refractivity contribution in [3.8, 4) is 0 Å². The largest absolute Gasteiger partial charge is 0.393 e. The third-order valence-electron chi connectivity index (χ3n) is 3.14. The predicted octanol–water partition coefficient (Wildman–Crippen LogP) is 1.39. The highest BCUT2D eigenvalue weighted by Gasteiger charge is 2.49. The van der Waals surface area contributed by atoms with Crippen molar-refractivity contribution in [3.05, 3.63) is 29.8 Å². The van der Waals surface area contributed by atoms with E-state index in [1.165, 1.54) is 0 Å². The average Bonchev–Trinajstić information content (AvgIpc) is 2.52. The highest BCUT2D eigenvalue weighted by molar-refractivity contribution is 9.09. The number of hydrogen-bond donors (Lipinski definition) is 2. The van der Waals surface area contributed by atoms with Crippen LogP contribution in [-0.4, -0.2) is 34.1 Å². The molecule has 0 unspecified atom stereocenters. The van der Waals surface area contributed by atoms with E-state index >= 15 is 0 Å². The first kappa shape index (κ1) is 13.5. The second kappa shape index (κ2) is 4.99. The van der Waals surface area contributed by atoms with Crippen LogP contribution in [0.3, 0.4) is 0 Å². The number of fused-ring (bicyclic) bond motifs is 1. The number of amides is 1. The number of halogens is 1. The molecule has 4 nitrogen and oxygen atoms in total. The Balaban J connectivity index is 2.47. The smallest absolute Gasteiger partial charge is 0.263 e. The second-order valence-electron chi connectivity index (χ2n) is 4.58. The van der Waals surface area contributed by atoms with Crippen LogP contribution < -0.4 is 4.90 Å². The molecule has 2 rings (SSSR count). The number of anilines is 1. The zero-order valence-electron chi connectivity index (χ0n) is 10.1. The van der Waals surface area contributed by atoms with Crippen LogP contribution in [0.1, 0.15) is 18.9 Å². The van der Waals surface area contributed by atoms with Gasteiger partial charge in [-0.1, -0.05) is 34.1 Å². The Morgan fingerprint density at radius 3 is 2.72 bits per heavy atom. The second-order valence-corrected chi connectivity index (χ2v) is 5.37. The molecule has 0 fully saturated rings. The Morgan fingerprint density at radius 2 is 2.11 bits per heavy atom. The summed E-state index contributed by atoms with van der Waals surface area (Å²) in [6.45, 7) is 2.07. The summed E-state index contributed by atoms with van der Waals surface area (Å²) in [5, 5.41) is 20.7. The van der Waals surface area contributed by atoms with Crippen molar-refractivity contribution in [2.45, 2.75) is 25.0 Å². The summed E-state index contributed by atoms with van der Waals surface area (Å²) >= 11 is 3.30. The monoisotopic (exact) mass is 313 g/mol. The molecule has 18 heavy (non-hydrogen) atoms.